The molecule has 1 aliphatic heterocycles. The van der Waals surface area contributed by atoms with E-state index in [0.717, 1.165) is 17.9 Å². The molecule has 2 aromatic rings. The van der Waals surface area contributed by atoms with Crippen molar-refractivity contribution in [1.29, 1.82) is 0 Å². The van der Waals surface area contributed by atoms with Gasteiger partial charge in [-0.15, -0.1) is 11.3 Å². The van der Waals surface area contributed by atoms with Crippen LogP contribution in [0.25, 0.3) is 0 Å². The summed E-state index contributed by atoms with van der Waals surface area (Å²) in [4.78, 5) is 20.1. The van der Waals surface area contributed by atoms with E-state index in [1.807, 2.05) is 17.1 Å². The second-order valence-electron chi connectivity index (χ2n) is 4.28. The van der Waals surface area contributed by atoms with Crippen LogP contribution in [0.4, 0.5) is 5.13 Å². The number of ether oxygens (including phenoxy) is 1. The molecule has 1 N–H and O–H groups in total. The van der Waals surface area contributed by atoms with E-state index in [4.69, 9.17) is 4.74 Å². The quantitative estimate of drug-likeness (QED) is 0.941. The minimum atomic E-state index is -0.213. The van der Waals surface area contributed by atoms with Gasteiger partial charge in [0, 0.05) is 29.6 Å². The number of carbonyl (C=O) groups is 1. The molecule has 3 heterocycles. The molecule has 0 radical (unpaired) electrons. The Balaban J connectivity index is 1.61. The predicted octanol–water partition coefficient (Wildman–Crippen LogP) is 2.67. The van der Waals surface area contributed by atoms with Gasteiger partial charge in [-0.3, -0.25) is 10.1 Å². The van der Waals surface area contributed by atoms with Crippen molar-refractivity contribution < 1.29 is 9.53 Å². The Kier molecular flexibility index (Phi) is 4.17. The van der Waals surface area contributed by atoms with Gasteiger partial charge in [0.2, 0.25) is 5.88 Å². The van der Waals surface area contributed by atoms with Crippen LogP contribution in [0.2, 0.25) is 0 Å². The second-order valence-corrected chi connectivity index (χ2v) is 6.32. The lowest BCUT2D eigenvalue weighted by atomic mass is 10.2. The Morgan fingerprint density at radius 1 is 1.40 bits per heavy atom. The Morgan fingerprint density at radius 2 is 2.35 bits per heavy atom. The molecule has 7 heteroatoms. The summed E-state index contributed by atoms with van der Waals surface area (Å²) < 4.78 is 5.74. The van der Waals surface area contributed by atoms with E-state index in [1.165, 1.54) is 17.5 Å². The van der Waals surface area contributed by atoms with Crippen molar-refractivity contribution in [2.24, 2.45) is 0 Å². The molecule has 104 valence electrons. The number of nitrogens with one attached hydrogen (secondary N) is 1. The normalized spacial score (nSPS) is 17.9. The molecule has 20 heavy (non-hydrogen) atoms. The van der Waals surface area contributed by atoms with Gasteiger partial charge in [0.25, 0.3) is 5.91 Å². The molecule has 3 rings (SSSR count). The highest BCUT2D eigenvalue weighted by atomic mass is 32.2. The fourth-order valence-electron chi connectivity index (χ4n) is 1.82. The highest BCUT2D eigenvalue weighted by Gasteiger charge is 2.17. The summed E-state index contributed by atoms with van der Waals surface area (Å²) in [5, 5.41) is 5.11. The van der Waals surface area contributed by atoms with Crippen LogP contribution in [0.15, 0.2) is 29.9 Å². The van der Waals surface area contributed by atoms with E-state index in [-0.39, 0.29) is 12.0 Å². The second kappa shape index (κ2) is 6.23. The molecule has 1 aliphatic rings. The third-order valence-corrected chi connectivity index (χ3v) is 4.65. The number of aromatic nitrogens is 2. The molecule has 5 nitrogen and oxygen atoms in total. The fourth-order valence-corrected chi connectivity index (χ4v) is 3.43. The van der Waals surface area contributed by atoms with Gasteiger partial charge in [-0.2, -0.15) is 11.8 Å². The smallest absolute Gasteiger partial charge is 0.259 e. The molecule has 0 aromatic carbocycles. The Hall–Kier alpha value is -1.60. The Morgan fingerprint density at radius 3 is 3.00 bits per heavy atom. The Bertz CT molecular complexity index is 566. The first-order chi connectivity index (χ1) is 9.81. The van der Waals surface area contributed by atoms with E-state index in [2.05, 4.69) is 15.3 Å². The predicted molar refractivity (Wildman–Crippen MR) is 80.7 cm³/mol. The average Bonchev–Trinajstić information content (AvgIpc) is 3.13. The largest absolute Gasteiger partial charge is 0.473 e. The average molecular weight is 307 g/mol. The first kappa shape index (κ1) is 13.4. The van der Waals surface area contributed by atoms with E-state index in [0.29, 0.717) is 16.6 Å². The first-order valence-electron chi connectivity index (χ1n) is 6.22. The van der Waals surface area contributed by atoms with E-state index < -0.39 is 0 Å². The summed E-state index contributed by atoms with van der Waals surface area (Å²) in [7, 11) is 0. The molecule has 1 fully saturated rings. The number of amides is 1. The zero-order chi connectivity index (χ0) is 13.8. The first-order valence-corrected chi connectivity index (χ1v) is 8.26. The third kappa shape index (κ3) is 3.29. The van der Waals surface area contributed by atoms with Gasteiger partial charge >= 0.3 is 0 Å². The maximum atomic E-state index is 11.9. The molecule has 1 unspecified atom stereocenters. The maximum absolute atomic E-state index is 11.9. The number of nitrogens with zero attached hydrogens (tertiary/aromatic N) is 2. The standard InChI is InChI=1S/C13H13N3O2S2/c17-12(16-13-14-4-6-20-13)9-1-2-11(15-7-9)18-10-3-5-19-8-10/h1-2,4,6-7,10H,3,5,8H2,(H,14,16,17). The molecular formula is C13H13N3O2S2. The summed E-state index contributed by atoms with van der Waals surface area (Å²) in [5.41, 5.74) is 0.494. The van der Waals surface area contributed by atoms with Crippen LogP contribution in [-0.4, -0.2) is 33.5 Å². The zero-order valence-corrected chi connectivity index (χ0v) is 12.2. The number of pyridine rings is 1. The number of thioether (sulfide) groups is 1. The van der Waals surface area contributed by atoms with Crippen molar-refractivity contribution in [3.63, 3.8) is 0 Å². The minimum absolute atomic E-state index is 0.213. The fraction of sp³-hybridized carbons (Fsp3) is 0.308. The lowest BCUT2D eigenvalue weighted by Crippen LogP contribution is -2.16. The van der Waals surface area contributed by atoms with Crippen molar-refractivity contribution in [3.05, 3.63) is 35.5 Å². The van der Waals surface area contributed by atoms with Crippen LogP contribution < -0.4 is 10.1 Å². The van der Waals surface area contributed by atoms with Gasteiger partial charge in [0.1, 0.15) is 6.10 Å². The number of anilines is 1. The molecular weight excluding hydrogens is 294 g/mol. The van der Waals surface area contributed by atoms with Crippen LogP contribution in [0.1, 0.15) is 16.8 Å². The monoisotopic (exact) mass is 307 g/mol. The molecule has 0 aliphatic carbocycles. The molecule has 2 aromatic heterocycles. The molecule has 1 amide bonds. The van der Waals surface area contributed by atoms with Gasteiger partial charge in [-0.1, -0.05) is 0 Å². The van der Waals surface area contributed by atoms with Gasteiger partial charge in [-0.25, -0.2) is 9.97 Å². The van der Waals surface area contributed by atoms with E-state index >= 15 is 0 Å². The van der Waals surface area contributed by atoms with Crippen LogP contribution in [0, 0.1) is 0 Å². The molecule has 1 atom stereocenters. The summed E-state index contributed by atoms with van der Waals surface area (Å²) >= 11 is 3.27. The lowest BCUT2D eigenvalue weighted by molar-refractivity contribution is 0.102. The van der Waals surface area contributed by atoms with Crippen LogP contribution in [-0.2, 0) is 0 Å². The van der Waals surface area contributed by atoms with E-state index in [9.17, 15) is 4.79 Å². The summed E-state index contributed by atoms with van der Waals surface area (Å²) in [5.74, 6) is 2.51. The van der Waals surface area contributed by atoms with Gasteiger partial charge in [0.05, 0.1) is 5.56 Å². The van der Waals surface area contributed by atoms with Crippen molar-refractivity contribution in [3.8, 4) is 5.88 Å². The third-order valence-electron chi connectivity index (χ3n) is 2.83. The van der Waals surface area contributed by atoms with E-state index in [1.54, 1.807) is 18.3 Å². The number of thiazole rings is 1. The van der Waals surface area contributed by atoms with Gasteiger partial charge in [0.15, 0.2) is 5.13 Å². The highest BCUT2D eigenvalue weighted by molar-refractivity contribution is 7.99. The van der Waals surface area contributed by atoms with Crippen LogP contribution in [0.5, 0.6) is 5.88 Å². The summed E-state index contributed by atoms with van der Waals surface area (Å²) in [6.45, 7) is 0. The van der Waals surface area contributed by atoms with Crippen LogP contribution in [0.3, 0.4) is 0 Å². The number of hydrogen-bond donors (Lipinski definition) is 1. The van der Waals surface area contributed by atoms with Crippen molar-refractivity contribution in [2.75, 3.05) is 16.8 Å². The minimum Gasteiger partial charge on any atom is -0.473 e. The molecule has 1 saturated heterocycles. The van der Waals surface area contributed by atoms with Crippen molar-refractivity contribution >= 4 is 34.1 Å². The lowest BCUT2D eigenvalue weighted by Gasteiger charge is -2.11. The SMILES string of the molecule is O=C(Nc1nccs1)c1ccc(OC2CCSC2)nc1. The molecule has 0 bridgehead atoms. The van der Waals surface area contributed by atoms with Gasteiger partial charge in [-0.05, 0) is 18.2 Å². The topological polar surface area (TPSA) is 64.1 Å². The number of carbonyl (C=O) groups excluding carboxylic acids is 1. The summed E-state index contributed by atoms with van der Waals surface area (Å²) in [6, 6.07) is 3.45. The van der Waals surface area contributed by atoms with Crippen molar-refractivity contribution in [1.82, 2.24) is 9.97 Å². The summed E-state index contributed by atoms with van der Waals surface area (Å²) in [6.07, 6.45) is 4.47. The van der Waals surface area contributed by atoms with Crippen LogP contribution >= 0.6 is 23.1 Å². The number of rotatable bonds is 4. The van der Waals surface area contributed by atoms with Gasteiger partial charge < -0.3 is 4.74 Å². The zero-order valence-electron chi connectivity index (χ0n) is 10.6. The number of hydrogen-bond acceptors (Lipinski definition) is 6. The highest BCUT2D eigenvalue weighted by Crippen LogP contribution is 2.22. The Labute approximate surface area is 124 Å². The molecule has 0 spiro atoms. The maximum Gasteiger partial charge on any atom is 0.259 e. The van der Waals surface area contributed by atoms with Crippen molar-refractivity contribution in [2.45, 2.75) is 12.5 Å². The molecule has 0 saturated carbocycles.